The Balaban J connectivity index is 1.82. The number of rotatable bonds is 3. The second-order valence-corrected chi connectivity index (χ2v) is 5.74. The summed E-state index contributed by atoms with van der Waals surface area (Å²) in [7, 11) is 0. The molecule has 0 aliphatic carbocycles. The van der Waals surface area contributed by atoms with Crippen molar-refractivity contribution in [1.82, 2.24) is 24.5 Å². The van der Waals surface area contributed by atoms with Crippen molar-refractivity contribution in [2.45, 2.75) is 6.54 Å². The van der Waals surface area contributed by atoms with E-state index in [1.165, 1.54) is 0 Å². The van der Waals surface area contributed by atoms with Crippen LogP contribution in [0.2, 0.25) is 0 Å². The van der Waals surface area contributed by atoms with Crippen LogP contribution >= 0.6 is 0 Å². The van der Waals surface area contributed by atoms with E-state index >= 15 is 0 Å². The van der Waals surface area contributed by atoms with Crippen molar-refractivity contribution in [2.75, 3.05) is 11.5 Å². The van der Waals surface area contributed by atoms with Crippen LogP contribution in [0, 0.1) is 11.3 Å². The molecule has 1 aromatic carbocycles. The quantitative estimate of drug-likeness (QED) is 0.544. The van der Waals surface area contributed by atoms with Crippen LogP contribution in [-0.2, 0) is 6.54 Å². The summed E-state index contributed by atoms with van der Waals surface area (Å²) >= 11 is 0. The lowest BCUT2D eigenvalue weighted by molar-refractivity contribution is 0.814. The van der Waals surface area contributed by atoms with Crippen LogP contribution in [0.4, 0.5) is 11.6 Å². The fourth-order valence-electron chi connectivity index (χ4n) is 2.70. The maximum absolute atomic E-state index is 9.07. The van der Waals surface area contributed by atoms with E-state index in [1.54, 1.807) is 24.5 Å². The number of hydrogen-bond acceptors (Lipinski definition) is 7. The number of pyridine rings is 1. The number of imidazole rings is 1. The summed E-state index contributed by atoms with van der Waals surface area (Å²) in [5.74, 6) is 0.121. The number of nitrogens with zero attached hydrogens (tertiary/aromatic N) is 6. The molecule has 3 aromatic heterocycles. The van der Waals surface area contributed by atoms with Gasteiger partial charge in [-0.15, -0.1) is 0 Å². The molecule has 0 spiro atoms. The zero-order chi connectivity index (χ0) is 18.1. The molecule has 0 atom stereocenters. The minimum Gasteiger partial charge on any atom is -0.399 e. The van der Waals surface area contributed by atoms with Crippen LogP contribution in [0.5, 0.6) is 0 Å². The maximum Gasteiger partial charge on any atom is 0.222 e. The van der Waals surface area contributed by atoms with Crippen molar-refractivity contribution in [2.24, 2.45) is 0 Å². The summed E-state index contributed by atoms with van der Waals surface area (Å²) in [6.45, 7) is 0.568. The molecular weight excluding hydrogens is 328 g/mol. The fourth-order valence-corrected chi connectivity index (χ4v) is 2.70. The Morgan fingerprint density at radius 1 is 1.00 bits per heavy atom. The summed E-state index contributed by atoms with van der Waals surface area (Å²) in [4.78, 5) is 17.3. The number of anilines is 2. The number of fused-ring (bicyclic) bond motifs is 1. The van der Waals surface area contributed by atoms with Gasteiger partial charge in [-0.1, -0.05) is 18.2 Å². The summed E-state index contributed by atoms with van der Waals surface area (Å²) in [6, 6.07) is 14.8. The van der Waals surface area contributed by atoms with Crippen LogP contribution < -0.4 is 11.5 Å². The van der Waals surface area contributed by atoms with E-state index in [4.69, 9.17) is 16.7 Å². The normalized spacial score (nSPS) is 10.7. The van der Waals surface area contributed by atoms with E-state index in [-0.39, 0.29) is 5.95 Å². The van der Waals surface area contributed by atoms with Crippen LogP contribution in [0.3, 0.4) is 0 Å². The molecule has 126 valence electrons. The van der Waals surface area contributed by atoms with E-state index in [2.05, 4.69) is 19.9 Å². The highest BCUT2D eigenvalue weighted by Gasteiger charge is 2.15. The van der Waals surface area contributed by atoms with Crippen molar-refractivity contribution in [3.63, 3.8) is 0 Å². The fraction of sp³-hybridized carbons (Fsp3) is 0.0556. The van der Waals surface area contributed by atoms with E-state index < -0.39 is 0 Å². The Hall–Kier alpha value is -3.99. The molecule has 4 rings (SSSR count). The molecule has 0 fully saturated rings. The summed E-state index contributed by atoms with van der Waals surface area (Å²) < 4.78 is 1.89. The summed E-state index contributed by atoms with van der Waals surface area (Å²) in [6.07, 6.45) is 1.69. The van der Waals surface area contributed by atoms with Crippen molar-refractivity contribution in [3.8, 4) is 17.5 Å². The summed E-state index contributed by atoms with van der Waals surface area (Å²) in [5, 5.41) is 9.07. The maximum atomic E-state index is 9.07. The lowest BCUT2D eigenvalue weighted by Crippen LogP contribution is -2.04. The molecule has 4 aromatic rings. The van der Waals surface area contributed by atoms with Gasteiger partial charge in [0.05, 0.1) is 18.6 Å². The highest BCUT2D eigenvalue weighted by Crippen LogP contribution is 2.25. The van der Waals surface area contributed by atoms with Crippen LogP contribution in [-0.4, -0.2) is 24.5 Å². The number of aromatic nitrogens is 5. The number of benzene rings is 1. The standard InChI is InChI=1S/C18H14N8/c19-8-13-2-1-3-14(23-13)15-16-17(25-18(21)24-15)26(10-22-16)9-11-4-6-12(20)7-5-11/h1-7,10H,9,20H2,(H2,21,24,25). The molecular formula is C18H14N8. The van der Waals surface area contributed by atoms with Gasteiger partial charge in [0, 0.05) is 5.69 Å². The molecule has 0 aliphatic rings. The first kappa shape index (κ1) is 15.5. The topological polar surface area (TPSA) is 132 Å². The third kappa shape index (κ3) is 2.78. The Labute approximate surface area is 148 Å². The minimum absolute atomic E-state index is 0.121. The van der Waals surface area contributed by atoms with Gasteiger partial charge in [0.25, 0.3) is 0 Å². The lowest BCUT2D eigenvalue weighted by atomic mass is 10.2. The van der Waals surface area contributed by atoms with Gasteiger partial charge in [0.2, 0.25) is 5.95 Å². The number of nitrogen functional groups attached to an aromatic ring is 2. The van der Waals surface area contributed by atoms with Crippen LogP contribution in [0.25, 0.3) is 22.6 Å². The second-order valence-electron chi connectivity index (χ2n) is 5.74. The van der Waals surface area contributed by atoms with Gasteiger partial charge >= 0.3 is 0 Å². The third-order valence-corrected chi connectivity index (χ3v) is 3.92. The van der Waals surface area contributed by atoms with Gasteiger partial charge in [-0.3, -0.25) is 0 Å². The molecule has 0 saturated carbocycles. The number of nitriles is 1. The first-order chi connectivity index (χ1) is 12.6. The predicted octanol–water partition coefficient (Wildman–Crippen LogP) is 1.97. The van der Waals surface area contributed by atoms with Crippen molar-refractivity contribution >= 4 is 22.8 Å². The molecule has 26 heavy (non-hydrogen) atoms. The minimum atomic E-state index is 0.121. The van der Waals surface area contributed by atoms with Crippen LogP contribution in [0.1, 0.15) is 11.3 Å². The monoisotopic (exact) mass is 342 g/mol. The Morgan fingerprint density at radius 3 is 2.58 bits per heavy atom. The molecule has 3 heterocycles. The van der Waals surface area contributed by atoms with Gasteiger partial charge < -0.3 is 16.0 Å². The zero-order valence-corrected chi connectivity index (χ0v) is 13.7. The number of nitrogens with two attached hydrogens (primary N) is 2. The second kappa shape index (κ2) is 6.14. The molecule has 0 unspecified atom stereocenters. The van der Waals surface area contributed by atoms with E-state index in [0.29, 0.717) is 40.5 Å². The van der Waals surface area contributed by atoms with Gasteiger partial charge in [0.15, 0.2) is 5.65 Å². The number of hydrogen-bond donors (Lipinski definition) is 2. The van der Waals surface area contributed by atoms with Crippen molar-refractivity contribution in [3.05, 3.63) is 60.0 Å². The molecule has 8 nitrogen and oxygen atoms in total. The van der Waals surface area contributed by atoms with E-state index in [1.807, 2.05) is 34.9 Å². The Kier molecular flexibility index (Phi) is 3.67. The molecule has 0 amide bonds. The summed E-state index contributed by atoms with van der Waals surface area (Å²) in [5.41, 5.74) is 15.9. The first-order valence-corrected chi connectivity index (χ1v) is 7.84. The third-order valence-electron chi connectivity index (χ3n) is 3.92. The Bertz CT molecular complexity index is 1140. The SMILES string of the molecule is N#Cc1cccc(-c2nc(N)nc3c2ncn3Cc2ccc(N)cc2)n1. The van der Waals surface area contributed by atoms with Gasteiger partial charge in [0.1, 0.15) is 23.0 Å². The van der Waals surface area contributed by atoms with Gasteiger partial charge in [-0.05, 0) is 29.8 Å². The van der Waals surface area contributed by atoms with E-state index in [0.717, 1.165) is 5.56 Å². The highest BCUT2D eigenvalue weighted by atomic mass is 15.1. The Morgan fingerprint density at radius 2 is 1.81 bits per heavy atom. The molecule has 8 heteroatoms. The first-order valence-electron chi connectivity index (χ1n) is 7.84. The molecule has 0 aliphatic heterocycles. The molecule has 4 N–H and O–H groups in total. The molecule has 0 radical (unpaired) electrons. The van der Waals surface area contributed by atoms with Crippen molar-refractivity contribution in [1.29, 1.82) is 5.26 Å². The zero-order valence-electron chi connectivity index (χ0n) is 13.7. The molecule has 0 bridgehead atoms. The van der Waals surface area contributed by atoms with E-state index in [9.17, 15) is 0 Å². The van der Waals surface area contributed by atoms with Crippen molar-refractivity contribution < 1.29 is 0 Å². The van der Waals surface area contributed by atoms with Gasteiger partial charge in [-0.25, -0.2) is 15.0 Å². The van der Waals surface area contributed by atoms with Gasteiger partial charge in [-0.2, -0.15) is 10.2 Å². The van der Waals surface area contributed by atoms with Crippen LogP contribution in [0.15, 0.2) is 48.8 Å². The largest absolute Gasteiger partial charge is 0.399 e. The average Bonchev–Trinajstić information content (AvgIpc) is 3.05. The average molecular weight is 342 g/mol. The smallest absolute Gasteiger partial charge is 0.222 e. The molecule has 0 saturated heterocycles. The predicted molar refractivity (Wildman–Crippen MR) is 97.6 cm³/mol. The lowest BCUT2D eigenvalue weighted by Gasteiger charge is -2.06. The highest BCUT2D eigenvalue weighted by molar-refractivity contribution is 5.87.